The standard InChI is InChI=1S/C26H19F3N2O2/c27-26(28,29)20-10-5-12-22(16-20)31-25(33)19-9-4-11-21(14-19)30-24(32)15-18-8-3-7-17-6-1-2-13-23(17)18/h1-14,16H,15H2,(H,30,32)(H,31,33). The lowest BCUT2D eigenvalue weighted by atomic mass is 10.0. The van der Waals surface area contributed by atoms with E-state index in [-0.39, 0.29) is 23.6 Å². The Balaban J connectivity index is 1.45. The number of fused-ring (bicyclic) bond motifs is 1. The van der Waals surface area contributed by atoms with Gasteiger partial charge in [0.15, 0.2) is 0 Å². The van der Waals surface area contributed by atoms with Crippen molar-refractivity contribution in [3.05, 3.63) is 108 Å². The number of halogens is 3. The van der Waals surface area contributed by atoms with Crippen LogP contribution in [-0.4, -0.2) is 11.8 Å². The van der Waals surface area contributed by atoms with Crippen LogP contribution in [0.1, 0.15) is 21.5 Å². The SMILES string of the molecule is O=C(Cc1cccc2ccccc12)Nc1cccc(C(=O)Nc2cccc(C(F)(F)F)c2)c1. The first-order valence-corrected chi connectivity index (χ1v) is 10.1. The maximum Gasteiger partial charge on any atom is 0.416 e. The van der Waals surface area contributed by atoms with Crippen molar-refractivity contribution >= 4 is 34.0 Å². The molecule has 2 N–H and O–H groups in total. The number of hydrogen-bond acceptors (Lipinski definition) is 2. The zero-order chi connectivity index (χ0) is 23.4. The van der Waals surface area contributed by atoms with E-state index in [1.54, 1.807) is 12.1 Å². The second-order valence-electron chi connectivity index (χ2n) is 7.48. The van der Waals surface area contributed by atoms with Gasteiger partial charge < -0.3 is 10.6 Å². The van der Waals surface area contributed by atoms with Crippen molar-refractivity contribution < 1.29 is 22.8 Å². The van der Waals surface area contributed by atoms with Crippen molar-refractivity contribution in [1.82, 2.24) is 0 Å². The molecule has 4 rings (SSSR count). The highest BCUT2D eigenvalue weighted by Crippen LogP contribution is 2.30. The molecule has 0 aliphatic carbocycles. The Labute approximate surface area is 188 Å². The van der Waals surface area contributed by atoms with Crippen LogP contribution < -0.4 is 10.6 Å². The van der Waals surface area contributed by atoms with Crippen molar-refractivity contribution in [1.29, 1.82) is 0 Å². The third-order valence-electron chi connectivity index (χ3n) is 5.09. The van der Waals surface area contributed by atoms with Gasteiger partial charge in [-0.3, -0.25) is 9.59 Å². The topological polar surface area (TPSA) is 58.2 Å². The van der Waals surface area contributed by atoms with Crippen molar-refractivity contribution in [2.45, 2.75) is 12.6 Å². The highest BCUT2D eigenvalue weighted by Gasteiger charge is 2.30. The van der Waals surface area contributed by atoms with E-state index in [0.29, 0.717) is 5.69 Å². The molecular formula is C26H19F3N2O2. The molecular weight excluding hydrogens is 429 g/mol. The zero-order valence-corrected chi connectivity index (χ0v) is 17.3. The van der Waals surface area contributed by atoms with E-state index in [1.807, 2.05) is 42.5 Å². The van der Waals surface area contributed by atoms with Gasteiger partial charge in [0.05, 0.1) is 12.0 Å². The largest absolute Gasteiger partial charge is 0.416 e. The summed E-state index contributed by atoms with van der Waals surface area (Å²) in [5, 5.41) is 7.26. The van der Waals surface area contributed by atoms with E-state index >= 15 is 0 Å². The van der Waals surface area contributed by atoms with Gasteiger partial charge in [-0.2, -0.15) is 13.2 Å². The molecule has 4 nitrogen and oxygen atoms in total. The maximum absolute atomic E-state index is 12.9. The molecule has 0 spiro atoms. The van der Waals surface area contributed by atoms with Gasteiger partial charge in [0, 0.05) is 16.9 Å². The monoisotopic (exact) mass is 448 g/mol. The van der Waals surface area contributed by atoms with Crippen LogP contribution in [0.15, 0.2) is 91.0 Å². The van der Waals surface area contributed by atoms with Crippen LogP contribution >= 0.6 is 0 Å². The van der Waals surface area contributed by atoms with Gasteiger partial charge in [-0.1, -0.05) is 54.6 Å². The van der Waals surface area contributed by atoms with Gasteiger partial charge in [-0.05, 0) is 52.7 Å². The number of rotatable bonds is 5. The summed E-state index contributed by atoms with van der Waals surface area (Å²) in [6.45, 7) is 0. The number of anilines is 2. The van der Waals surface area contributed by atoms with Crippen LogP contribution in [0, 0.1) is 0 Å². The molecule has 166 valence electrons. The summed E-state index contributed by atoms with van der Waals surface area (Å²) in [5.41, 5.74) is 0.673. The Morgan fingerprint density at radius 1 is 0.727 bits per heavy atom. The van der Waals surface area contributed by atoms with Gasteiger partial charge in [0.25, 0.3) is 5.91 Å². The summed E-state index contributed by atoms with van der Waals surface area (Å²) in [7, 11) is 0. The predicted molar refractivity (Wildman–Crippen MR) is 122 cm³/mol. The summed E-state index contributed by atoms with van der Waals surface area (Å²) >= 11 is 0. The van der Waals surface area contributed by atoms with Crippen LogP contribution in [0.5, 0.6) is 0 Å². The normalized spacial score (nSPS) is 11.2. The number of carbonyl (C=O) groups excluding carboxylic acids is 2. The molecule has 0 saturated carbocycles. The van der Waals surface area contributed by atoms with Crippen LogP contribution in [0.25, 0.3) is 10.8 Å². The molecule has 0 aromatic heterocycles. The first-order chi connectivity index (χ1) is 15.8. The van der Waals surface area contributed by atoms with E-state index in [9.17, 15) is 22.8 Å². The highest BCUT2D eigenvalue weighted by molar-refractivity contribution is 6.05. The van der Waals surface area contributed by atoms with E-state index in [4.69, 9.17) is 0 Å². The quantitative estimate of drug-likeness (QED) is 0.377. The third-order valence-corrected chi connectivity index (χ3v) is 5.09. The maximum atomic E-state index is 12.9. The molecule has 0 atom stereocenters. The second-order valence-corrected chi connectivity index (χ2v) is 7.48. The van der Waals surface area contributed by atoms with E-state index in [0.717, 1.165) is 28.5 Å². The van der Waals surface area contributed by atoms with Crippen LogP contribution in [-0.2, 0) is 17.4 Å². The molecule has 4 aromatic rings. The molecule has 0 radical (unpaired) electrons. The Morgan fingerprint density at radius 3 is 2.18 bits per heavy atom. The predicted octanol–water partition coefficient (Wildman–Crippen LogP) is 6.29. The Hall–Kier alpha value is -4.13. The summed E-state index contributed by atoms with van der Waals surface area (Å²) in [6.07, 6.45) is -4.35. The van der Waals surface area contributed by atoms with Crippen LogP contribution in [0.3, 0.4) is 0 Å². The first-order valence-electron chi connectivity index (χ1n) is 10.1. The van der Waals surface area contributed by atoms with E-state index in [1.165, 1.54) is 24.3 Å². The van der Waals surface area contributed by atoms with Gasteiger partial charge >= 0.3 is 6.18 Å². The lowest BCUT2D eigenvalue weighted by Gasteiger charge is -2.11. The molecule has 0 fully saturated rings. The number of nitrogens with one attached hydrogen (secondary N) is 2. The van der Waals surface area contributed by atoms with Gasteiger partial charge in [0.1, 0.15) is 0 Å². The smallest absolute Gasteiger partial charge is 0.326 e. The number of carbonyl (C=O) groups is 2. The van der Waals surface area contributed by atoms with Crippen molar-refractivity contribution in [2.24, 2.45) is 0 Å². The summed E-state index contributed by atoms with van der Waals surface area (Å²) in [5.74, 6) is -0.832. The molecule has 0 saturated heterocycles. The first kappa shape index (κ1) is 22.1. The van der Waals surface area contributed by atoms with Crippen molar-refractivity contribution in [3.63, 3.8) is 0 Å². The number of benzene rings is 4. The van der Waals surface area contributed by atoms with Gasteiger partial charge in [-0.15, -0.1) is 0 Å². The van der Waals surface area contributed by atoms with Crippen molar-refractivity contribution in [3.8, 4) is 0 Å². The molecule has 0 bridgehead atoms. The van der Waals surface area contributed by atoms with Gasteiger partial charge in [0.2, 0.25) is 5.91 Å². The van der Waals surface area contributed by atoms with E-state index in [2.05, 4.69) is 10.6 Å². The molecule has 0 unspecified atom stereocenters. The summed E-state index contributed by atoms with van der Waals surface area (Å²) in [4.78, 5) is 25.2. The Kier molecular flexibility index (Phi) is 6.13. The summed E-state index contributed by atoms with van der Waals surface area (Å²) in [6, 6.07) is 24.2. The molecule has 0 aliphatic rings. The lowest BCUT2D eigenvalue weighted by molar-refractivity contribution is -0.137. The van der Waals surface area contributed by atoms with Gasteiger partial charge in [-0.25, -0.2) is 0 Å². The molecule has 0 heterocycles. The third kappa shape index (κ3) is 5.38. The molecule has 0 aliphatic heterocycles. The average molecular weight is 448 g/mol. The lowest BCUT2D eigenvalue weighted by Crippen LogP contribution is -2.16. The Morgan fingerprint density at radius 2 is 1.39 bits per heavy atom. The Bertz CT molecular complexity index is 1330. The van der Waals surface area contributed by atoms with Crippen LogP contribution in [0.4, 0.5) is 24.5 Å². The highest BCUT2D eigenvalue weighted by atomic mass is 19.4. The summed E-state index contributed by atoms with van der Waals surface area (Å²) < 4.78 is 38.7. The van der Waals surface area contributed by atoms with E-state index < -0.39 is 17.6 Å². The second kappa shape index (κ2) is 9.16. The minimum Gasteiger partial charge on any atom is -0.326 e. The fourth-order valence-corrected chi connectivity index (χ4v) is 3.54. The molecule has 33 heavy (non-hydrogen) atoms. The number of hydrogen-bond donors (Lipinski definition) is 2. The van der Waals surface area contributed by atoms with Crippen molar-refractivity contribution in [2.75, 3.05) is 10.6 Å². The molecule has 7 heteroatoms. The fraction of sp³-hybridized carbons (Fsp3) is 0.0769. The van der Waals surface area contributed by atoms with Crippen LogP contribution in [0.2, 0.25) is 0 Å². The minimum atomic E-state index is -4.50. The molecule has 4 aromatic carbocycles. The molecule has 2 amide bonds. The minimum absolute atomic E-state index is 0.0280. The number of alkyl halides is 3. The zero-order valence-electron chi connectivity index (χ0n) is 17.3. The number of amides is 2. The average Bonchev–Trinajstić information content (AvgIpc) is 2.79. The fourth-order valence-electron chi connectivity index (χ4n) is 3.54.